The number of benzene rings is 3. The summed E-state index contributed by atoms with van der Waals surface area (Å²) in [7, 11) is 0. The van der Waals surface area contributed by atoms with Crippen molar-refractivity contribution in [1.29, 1.82) is 0 Å². The molecule has 0 aliphatic carbocycles. The number of rotatable bonds is 9. The van der Waals surface area contributed by atoms with Crippen molar-refractivity contribution in [2.45, 2.75) is 23.0 Å². The zero-order valence-corrected chi connectivity index (χ0v) is 17.4. The van der Waals surface area contributed by atoms with E-state index in [0.29, 0.717) is 22.3 Å². The highest BCUT2D eigenvalue weighted by molar-refractivity contribution is 7.99. The Bertz CT molecular complexity index is 943. The van der Waals surface area contributed by atoms with E-state index >= 15 is 0 Å². The third-order valence-corrected chi connectivity index (χ3v) is 5.22. The molecule has 0 radical (unpaired) electrons. The van der Waals surface area contributed by atoms with Gasteiger partial charge in [0.15, 0.2) is 6.61 Å². The molecule has 7 heteroatoms. The van der Waals surface area contributed by atoms with E-state index in [1.54, 1.807) is 0 Å². The van der Waals surface area contributed by atoms with Crippen molar-refractivity contribution in [3.63, 3.8) is 0 Å². The molecule has 31 heavy (non-hydrogen) atoms. The fraction of sp³-hybridized carbons (Fsp3) is 0.167. The van der Waals surface area contributed by atoms with Crippen LogP contribution in [0.1, 0.15) is 23.5 Å². The first-order valence-electron chi connectivity index (χ1n) is 9.61. The van der Waals surface area contributed by atoms with Gasteiger partial charge >= 0.3 is 5.97 Å². The van der Waals surface area contributed by atoms with E-state index < -0.39 is 24.2 Å². The van der Waals surface area contributed by atoms with Crippen molar-refractivity contribution in [1.82, 2.24) is 0 Å². The predicted octanol–water partition coefficient (Wildman–Crippen LogP) is 5.71. The summed E-state index contributed by atoms with van der Waals surface area (Å²) in [6.07, 6.45) is 0.0981. The average molecular weight is 441 g/mol. The van der Waals surface area contributed by atoms with Crippen LogP contribution in [-0.4, -0.2) is 24.2 Å². The number of amides is 1. The molecule has 160 valence electrons. The molecule has 0 atom stereocenters. The SMILES string of the molecule is O=C(COC(=O)CC(c1ccccc1)c1ccccc1)Nc1ccc(SC(F)F)cc1. The van der Waals surface area contributed by atoms with Gasteiger partial charge in [-0.05, 0) is 35.4 Å². The largest absolute Gasteiger partial charge is 0.456 e. The van der Waals surface area contributed by atoms with Gasteiger partial charge in [-0.25, -0.2) is 0 Å². The molecular formula is C24H21F2NO3S. The number of nitrogens with one attached hydrogen (secondary N) is 1. The van der Waals surface area contributed by atoms with Crippen molar-refractivity contribution in [3.05, 3.63) is 96.1 Å². The Morgan fingerprint density at radius 2 is 1.39 bits per heavy atom. The summed E-state index contributed by atoms with van der Waals surface area (Å²) in [5.74, 6) is -3.68. The summed E-state index contributed by atoms with van der Waals surface area (Å²) in [6.45, 7) is -0.428. The van der Waals surface area contributed by atoms with Gasteiger partial charge in [0.25, 0.3) is 11.7 Å². The average Bonchev–Trinajstić information content (AvgIpc) is 2.78. The van der Waals surface area contributed by atoms with Crippen LogP contribution in [0.2, 0.25) is 0 Å². The molecule has 3 aromatic carbocycles. The number of ether oxygens (including phenoxy) is 1. The first-order valence-corrected chi connectivity index (χ1v) is 10.5. The second-order valence-corrected chi connectivity index (χ2v) is 7.75. The van der Waals surface area contributed by atoms with Crippen molar-refractivity contribution >= 4 is 29.3 Å². The monoisotopic (exact) mass is 441 g/mol. The third kappa shape index (κ3) is 7.22. The highest BCUT2D eigenvalue weighted by atomic mass is 32.2. The molecule has 0 aromatic heterocycles. The van der Waals surface area contributed by atoms with Crippen molar-refractivity contribution in [2.24, 2.45) is 0 Å². The zero-order valence-electron chi connectivity index (χ0n) is 16.5. The molecule has 4 nitrogen and oxygen atoms in total. The fourth-order valence-electron chi connectivity index (χ4n) is 3.09. The van der Waals surface area contributed by atoms with Crippen LogP contribution in [0.4, 0.5) is 14.5 Å². The fourth-order valence-corrected chi connectivity index (χ4v) is 3.59. The number of hydrogen-bond donors (Lipinski definition) is 1. The molecule has 0 unspecified atom stereocenters. The summed E-state index contributed by atoms with van der Waals surface area (Å²) in [5.41, 5.74) is 2.40. The zero-order chi connectivity index (χ0) is 22.1. The minimum atomic E-state index is -2.50. The lowest BCUT2D eigenvalue weighted by molar-refractivity contribution is -0.147. The Morgan fingerprint density at radius 3 is 1.90 bits per heavy atom. The summed E-state index contributed by atoms with van der Waals surface area (Å²) in [4.78, 5) is 24.9. The molecule has 0 spiro atoms. The second-order valence-electron chi connectivity index (χ2n) is 6.69. The normalized spacial score (nSPS) is 10.8. The van der Waals surface area contributed by atoms with E-state index in [0.717, 1.165) is 11.1 Å². The van der Waals surface area contributed by atoms with E-state index in [1.807, 2.05) is 60.7 Å². The predicted molar refractivity (Wildman–Crippen MR) is 117 cm³/mol. The highest BCUT2D eigenvalue weighted by Crippen LogP contribution is 2.28. The van der Waals surface area contributed by atoms with Gasteiger partial charge in [0.1, 0.15) is 0 Å². The molecule has 0 fully saturated rings. The molecule has 3 aromatic rings. The van der Waals surface area contributed by atoms with Gasteiger partial charge in [0.2, 0.25) is 0 Å². The van der Waals surface area contributed by atoms with Gasteiger partial charge < -0.3 is 10.1 Å². The van der Waals surface area contributed by atoms with E-state index in [4.69, 9.17) is 4.74 Å². The van der Waals surface area contributed by atoms with E-state index in [9.17, 15) is 18.4 Å². The lowest BCUT2D eigenvalue weighted by atomic mass is 9.89. The van der Waals surface area contributed by atoms with Crippen LogP contribution in [0.3, 0.4) is 0 Å². The Balaban J connectivity index is 1.54. The minimum absolute atomic E-state index is 0.0981. The Hall–Kier alpha value is -3.19. The molecule has 0 aliphatic rings. The summed E-state index contributed by atoms with van der Waals surface area (Å²) in [6, 6.07) is 25.3. The Morgan fingerprint density at radius 1 is 0.839 bits per heavy atom. The molecule has 0 aliphatic heterocycles. The molecule has 0 saturated carbocycles. The molecule has 1 N–H and O–H groups in total. The van der Waals surface area contributed by atoms with E-state index in [1.165, 1.54) is 24.3 Å². The van der Waals surface area contributed by atoms with Crippen LogP contribution in [-0.2, 0) is 14.3 Å². The first-order chi connectivity index (χ1) is 15.0. The van der Waals surface area contributed by atoms with Crippen molar-refractivity contribution in [3.8, 4) is 0 Å². The number of carbonyl (C=O) groups excluding carboxylic acids is 2. The van der Waals surface area contributed by atoms with Gasteiger partial charge in [0.05, 0.1) is 6.42 Å². The van der Waals surface area contributed by atoms with Gasteiger partial charge in [-0.3, -0.25) is 9.59 Å². The van der Waals surface area contributed by atoms with Crippen LogP contribution in [0.25, 0.3) is 0 Å². The second kappa shape index (κ2) is 11.3. The number of alkyl halides is 2. The van der Waals surface area contributed by atoms with Crippen molar-refractivity contribution in [2.75, 3.05) is 11.9 Å². The molecular weight excluding hydrogens is 420 g/mol. The van der Waals surface area contributed by atoms with Crippen LogP contribution >= 0.6 is 11.8 Å². The number of halogens is 2. The van der Waals surface area contributed by atoms with Crippen molar-refractivity contribution < 1.29 is 23.1 Å². The van der Waals surface area contributed by atoms with E-state index in [2.05, 4.69) is 5.32 Å². The van der Waals surface area contributed by atoms with Gasteiger partial charge in [-0.2, -0.15) is 8.78 Å². The third-order valence-electron chi connectivity index (χ3n) is 4.50. The quantitative estimate of drug-likeness (QED) is 0.342. The maximum Gasteiger partial charge on any atom is 0.307 e. The van der Waals surface area contributed by atoms with Gasteiger partial charge in [-0.15, -0.1) is 0 Å². The smallest absolute Gasteiger partial charge is 0.307 e. The van der Waals surface area contributed by atoms with Crippen LogP contribution in [0.15, 0.2) is 89.8 Å². The Kier molecular flexibility index (Phi) is 8.18. The summed E-state index contributed by atoms with van der Waals surface area (Å²) < 4.78 is 29.9. The van der Waals surface area contributed by atoms with Crippen LogP contribution < -0.4 is 5.32 Å². The summed E-state index contributed by atoms with van der Waals surface area (Å²) >= 11 is 0.427. The highest BCUT2D eigenvalue weighted by Gasteiger charge is 2.19. The van der Waals surface area contributed by atoms with Crippen LogP contribution in [0.5, 0.6) is 0 Å². The number of hydrogen-bond acceptors (Lipinski definition) is 4. The maximum atomic E-state index is 12.4. The molecule has 3 rings (SSSR count). The lowest BCUT2D eigenvalue weighted by Gasteiger charge is -2.17. The molecule has 1 amide bonds. The summed E-state index contributed by atoms with van der Waals surface area (Å²) in [5, 5.41) is 2.58. The number of anilines is 1. The lowest BCUT2D eigenvalue weighted by Crippen LogP contribution is -2.22. The standard InChI is InChI=1S/C24H21F2NO3S/c25-24(26)31-20-13-11-19(12-14-20)27-22(28)16-30-23(29)15-21(17-7-3-1-4-8-17)18-9-5-2-6-10-18/h1-14,21,24H,15-16H2,(H,27,28). The molecule has 0 bridgehead atoms. The first kappa shape index (κ1) is 22.5. The minimum Gasteiger partial charge on any atom is -0.456 e. The number of esters is 1. The number of thioether (sulfide) groups is 1. The van der Waals surface area contributed by atoms with Gasteiger partial charge in [0, 0.05) is 16.5 Å². The van der Waals surface area contributed by atoms with E-state index in [-0.39, 0.29) is 12.3 Å². The maximum absolute atomic E-state index is 12.4. The Labute approximate surface area is 183 Å². The van der Waals surface area contributed by atoms with Crippen LogP contribution in [0, 0.1) is 0 Å². The molecule has 0 saturated heterocycles. The molecule has 0 heterocycles. The number of carbonyl (C=O) groups is 2. The van der Waals surface area contributed by atoms with Gasteiger partial charge in [-0.1, -0.05) is 72.4 Å². The topological polar surface area (TPSA) is 55.4 Å².